The third-order valence-corrected chi connectivity index (χ3v) is 2.87. The summed E-state index contributed by atoms with van der Waals surface area (Å²) < 4.78 is 4.64. The fourth-order valence-corrected chi connectivity index (χ4v) is 2.02. The van der Waals surface area contributed by atoms with Gasteiger partial charge in [-0.05, 0) is 30.9 Å². The molecule has 0 saturated carbocycles. The second kappa shape index (κ2) is 4.43. The Morgan fingerprint density at radius 2 is 2.38 bits per heavy atom. The molecular weight excluding hydrogens is 206 g/mol. The van der Waals surface area contributed by atoms with Crippen LogP contribution in [0.4, 0.5) is 0 Å². The van der Waals surface area contributed by atoms with Gasteiger partial charge in [-0.25, -0.2) is 0 Å². The Labute approximate surface area is 93.6 Å². The molecule has 1 atom stereocenters. The lowest BCUT2D eigenvalue weighted by Gasteiger charge is -2.09. The Bertz CT molecular complexity index is 428. The van der Waals surface area contributed by atoms with E-state index in [-0.39, 0.29) is 5.78 Å². The summed E-state index contributed by atoms with van der Waals surface area (Å²) >= 11 is 0. The van der Waals surface area contributed by atoms with Gasteiger partial charge in [-0.1, -0.05) is 6.07 Å². The number of fused-ring (bicyclic) bond motifs is 1. The average Bonchev–Trinajstić information content (AvgIpc) is 2.49. The summed E-state index contributed by atoms with van der Waals surface area (Å²) in [6.45, 7) is 0. The minimum Gasteiger partial charge on any atom is -0.468 e. The highest BCUT2D eigenvalue weighted by atomic mass is 16.5. The van der Waals surface area contributed by atoms with Crippen molar-refractivity contribution in [3.63, 3.8) is 0 Å². The van der Waals surface area contributed by atoms with Gasteiger partial charge in [-0.15, -0.1) is 0 Å². The maximum absolute atomic E-state index is 12.1. The fraction of sp³-hybridized carbons (Fsp3) is 0.417. The van der Waals surface area contributed by atoms with Crippen LogP contribution < -0.4 is 0 Å². The number of nitrogens with zero attached hydrogens (tertiary/aromatic N) is 1. The zero-order chi connectivity index (χ0) is 11.5. The minimum atomic E-state index is -0.679. The van der Waals surface area contributed by atoms with E-state index in [1.807, 2.05) is 12.1 Å². The quantitative estimate of drug-likeness (QED) is 0.407. The van der Waals surface area contributed by atoms with E-state index in [0.717, 1.165) is 18.4 Å². The number of hydrogen-bond donors (Lipinski definition) is 0. The first kappa shape index (κ1) is 10.8. The molecule has 0 aliphatic heterocycles. The number of aromatic nitrogens is 1. The van der Waals surface area contributed by atoms with Gasteiger partial charge in [0.25, 0.3) is 0 Å². The molecule has 1 heterocycles. The highest BCUT2D eigenvalue weighted by molar-refractivity contribution is 6.08. The van der Waals surface area contributed by atoms with E-state index >= 15 is 0 Å². The summed E-state index contributed by atoms with van der Waals surface area (Å²) in [4.78, 5) is 27.6. The van der Waals surface area contributed by atoms with E-state index in [1.165, 1.54) is 7.11 Å². The second-order valence-electron chi connectivity index (χ2n) is 3.84. The van der Waals surface area contributed by atoms with Crippen LogP contribution in [0, 0.1) is 5.92 Å². The number of hydrogen-bond acceptors (Lipinski definition) is 4. The summed E-state index contributed by atoms with van der Waals surface area (Å²) in [6, 6.07) is 3.70. The molecule has 4 nitrogen and oxygen atoms in total. The number of pyridine rings is 1. The zero-order valence-electron chi connectivity index (χ0n) is 9.10. The Kier molecular flexibility index (Phi) is 2.99. The van der Waals surface area contributed by atoms with Crippen molar-refractivity contribution in [2.45, 2.75) is 19.3 Å². The summed E-state index contributed by atoms with van der Waals surface area (Å²) in [5.74, 6) is -1.34. The van der Waals surface area contributed by atoms with E-state index in [0.29, 0.717) is 12.1 Å². The molecule has 1 aromatic heterocycles. The predicted molar refractivity (Wildman–Crippen MR) is 57.0 cm³/mol. The molecule has 84 valence electrons. The Balaban J connectivity index is 2.37. The summed E-state index contributed by atoms with van der Waals surface area (Å²) in [7, 11) is 1.31. The maximum atomic E-state index is 12.1. The van der Waals surface area contributed by atoms with Crippen LogP contribution in [0.15, 0.2) is 18.3 Å². The molecule has 0 radical (unpaired) electrons. The summed E-state index contributed by atoms with van der Waals surface area (Å²) in [6.07, 6.45) is 3.73. The van der Waals surface area contributed by atoms with E-state index < -0.39 is 11.9 Å². The first-order chi connectivity index (χ1) is 7.74. The molecule has 1 unspecified atom stereocenters. The summed E-state index contributed by atoms with van der Waals surface area (Å²) in [5, 5.41) is 0. The molecule has 1 aliphatic carbocycles. The van der Waals surface area contributed by atoms with Gasteiger partial charge in [0.1, 0.15) is 11.6 Å². The highest BCUT2D eigenvalue weighted by Crippen LogP contribution is 2.23. The molecule has 1 aliphatic rings. The smallest absolute Gasteiger partial charge is 0.316 e. The monoisotopic (exact) mass is 219 g/mol. The van der Waals surface area contributed by atoms with Crippen LogP contribution in [0.1, 0.15) is 28.9 Å². The Morgan fingerprint density at radius 3 is 3.12 bits per heavy atom. The second-order valence-corrected chi connectivity index (χ2v) is 3.84. The Hall–Kier alpha value is -1.71. The van der Waals surface area contributed by atoms with Crippen molar-refractivity contribution >= 4 is 11.8 Å². The largest absolute Gasteiger partial charge is 0.468 e. The van der Waals surface area contributed by atoms with Crippen molar-refractivity contribution in [1.82, 2.24) is 4.98 Å². The van der Waals surface area contributed by atoms with Crippen LogP contribution >= 0.6 is 0 Å². The number of Topliss-reactive ketones (excluding diaryl/α,β-unsaturated/α-hetero) is 1. The number of carbonyl (C=O) groups excluding carboxylic acids is 2. The predicted octanol–water partition coefficient (Wildman–Crippen LogP) is 1.39. The fourth-order valence-electron chi connectivity index (χ4n) is 2.02. The molecule has 0 N–H and O–H groups in total. The van der Waals surface area contributed by atoms with Crippen LogP contribution in [0.25, 0.3) is 0 Å². The lowest BCUT2D eigenvalue weighted by Crippen LogP contribution is -2.25. The van der Waals surface area contributed by atoms with Crippen molar-refractivity contribution in [3.05, 3.63) is 29.6 Å². The van der Waals surface area contributed by atoms with Crippen molar-refractivity contribution in [3.8, 4) is 0 Å². The van der Waals surface area contributed by atoms with Crippen molar-refractivity contribution in [2.75, 3.05) is 7.11 Å². The van der Waals surface area contributed by atoms with Crippen molar-refractivity contribution < 1.29 is 14.3 Å². The number of ketones is 1. The molecule has 0 bridgehead atoms. The molecule has 1 aromatic rings. The van der Waals surface area contributed by atoms with Gasteiger partial charge < -0.3 is 4.74 Å². The number of esters is 1. The first-order valence-electron chi connectivity index (χ1n) is 5.30. The average molecular weight is 219 g/mol. The molecule has 0 spiro atoms. The van der Waals surface area contributed by atoms with Crippen molar-refractivity contribution in [2.24, 2.45) is 5.92 Å². The van der Waals surface area contributed by atoms with Gasteiger partial charge in [-0.2, -0.15) is 0 Å². The van der Waals surface area contributed by atoms with Crippen molar-refractivity contribution in [1.29, 1.82) is 0 Å². The lowest BCUT2D eigenvalue weighted by molar-refractivity contribution is -0.143. The van der Waals surface area contributed by atoms with E-state index in [9.17, 15) is 9.59 Å². The minimum absolute atomic E-state index is 0.208. The van der Waals surface area contributed by atoms with E-state index in [1.54, 1.807) is 6.20 Å². The number of carbonyl (C=O) groups is 2. The topological polar surface area (TPSA) is 56.3 Å². The molecule has 0 fully saturated rings. The molecule has 16 heavy (non-hydrogen) atoms. The molecule has 0 aromatic carbocycles. The Morgan fingerprint density at radius 1 is 1.56 bits per heavy atom. The summed E-state index contributed by atoms with van der Waals surface area (Å²) in [5.41, 5.74) is 1.36. The normalized spacial score (nSPS) is 19.8. The number of methoxy groups -OCH3 is 1. The van der Waals surface area contributed by atoms with Gasteiger partial charge in [0.05, 0.1) is 7.11 Å². The van der Waals surface area contributed by atoms with Crippen LogP contribution in [-0.4, -0.2) is 23.8 Å². The van der Waals surface area contributed by atoms with Gasteiger partial charge in [0, 0.05) is 6.20 Å². The van der Waals surface area contributed by atoms with Gasteiger partial charge in [0.2, 0.25) is 0 Å². The molecular formula is C12H13NO3. The van der Waals surface area contributed by atoms with Crippen LogP contribution in [0.2, 0.25) is 0 Å². The standard InChI is InChI=1S/C12H13NO3/c1-16-12(15)9-6-2-4-8-5-3-7-13-10(8)11(9)14/h3,5,7,9H,2,4,6H2,1H3. The van der Waals surface area contributed by atoms with Gasteiger partial charge >= 0.3 is 5.97 Å². The van der Waals surface area contributed by atoms with E-state index in [4.69, 9.17) is 0 Å². The maximum Gasteiger partial charge on any atom is 0.316 e. The molecule has 0 saturated heterocycles. The number of rotatable bonds is 1. The van der Waals surface area contributed by atoms with Crippen LogP contribution in [0.3, 0.4) is 0 Å². The number of ether oxygens (including phenoxy) is 1. The van der Waals surface area contributed by atoms with Gasteiger partial charge in [-0.3, -0.25) is 14.6 Å². The molecule has 2 rings (SSSR count). The number of aryl methyl sites for hydroxylation is 1. The van der Waals surface area contributed by atoms with Crippen LogP contribution in [0.5, 0.6) is 0 Å². The third-order valence-electron chi connectivity index (χ3n) is 2.87. The van der Waals surface area contributed by atoms with E-state index in [2.05, 4.69) is 9.72 Å². The molecule has 4 heteroatoms. The SMILES string of the molecule is COC(=O)C1CCCc2cccnc2C1=O. The van der Waals surface area contributed by atoms with Crippen LogP contribution in [-0.2, 0) is 16.0 Å². The zero-order valence-corrected chi connectivity index (χ0v) is 9.10. The third kappa shape index (κ3) is 1.83. The lowest BCUT2D eigenvalue weighted by atomic mass is 9.98. The van der Waals surface area contributed by atoms with Gasteiger partial charge in [0.15, 0.2) is 5.78 Å². The molecule has 0 amide bonds. The first-order valence-corrected chi connectivity index (χ1v) is 5.30. The highest BCUT2D eigenvalue weighted by Gasteiger charge is 2.32.